The van der Waals surface area contributed by atoms with Gasteiger partial charge in [0.15, 0.2) is 0 Å². The third-order valence-corrected chi connectivity index (χ3v) is 5.11. The standard InChI is InChI=1S/C22H25N3O3/c1-15-23-20-7-6-17(12-21(20)24-15)13-22(26)25-8-9-28-19(14-25)11-16-4-3-5-18(10-16)27-2/h3-7,10,12,19H,8-9,11,13-14H2,1-2H3,(H,23,24). The lowest BCUT2D eigenvalue weighted by molar-refractivity contribution is -0.138. The van der Waals surface area contributed by atoms with Crippen LogP contribution in [-0.2, 0) is 22.4 Å². The minimum Gasteiger partial charge on any atom is -0.497 e. The highest BCUT2D eigenvalue weighted by Gasteiger charge is 2.24. The lowest BCUT2D eigenvalue weighted by atomic mass is 10.1. The van der Waals surface area contributed by atoms with Gasteiger partial charge in [-0.1, -0.05) is 18.2 Å². The number of nitrogens with zero attached hydrogens (tertiary/aromatic N) is 2. The third kappa shape index (κ3) is 4.17. The van der Waals surface area contributed by atoms with E-state index in [1.807, 2.05) is 48.2 Å². The molecule has 1 N–H and O–H groups in total. The predicted octanol–water partition coefficient (Wildman–Crippen LogP) is 2.89. The molecule has 6 nitrogen and oxygen atoms in total. The van der Waals surface area contributed by atoms with Gasteiger partial charge in [-0.15, -0.1) is 0 Å². The Bertz CT molecular complexity index is 982. The number of imidazole rings is 1. The van der Waals surface area contributed by atoms with Crippen molar-refractivity contribution in [3.63, 3.8) is 0 Å². The average Bonchev–Trinajstić information content (AvgIpc) is 3.07. The Labute approximate surface area is 164 Å². The number of fused-ring (bicyclic) bond motifs is 1. The first-order valence-corrected chi connectivity index (χ1v) is 9.58. The number of benzene rings is 2. The predicted molar refractivity (Wildman–Crippen MR) is 108 cm³/mol. The summed E-state index contributed by atoms with van der Waals surface area (Å²) in [6, 6.07) is 14.0. The van der Waals surface area contributed by atoms with Crippen molar-refractivity contribution in [2.45, 2.75) is 25.9 Å². The van der Waals surface area contributed by atoms with Crippen molar-refractivity contribution in [2.24, 2.45) is 0 Å². The fourth-order valence-corrected chi connectivity index (χ4v) is 3.71. The van der Waals surface area contributed by atoms with Crippen LogP contribution in [0.25, 0.3) is 11.0 Å². The molecule has 1 unspecified atom stereocenters. The molecule has 1 aromatic heterocycles. The number of hydrogen-bond acceptors (Lipinski definition) is 4. The number of rotatable bonds is 5. The molecule has 4 rings (SSSR count). The number of aromatic nitrogens is 2. The smallest absolute Gasteiger partial charge is 0.227 e. The molecule has 6 heteroatoms. The summed E-state index contributed by atoms with van der Waals surface area (Å²) in [6.07, 6.45) is 1.16. The van der Waals surface area contributed by atoms with E-state index in [-0.39, 0.29) is 12.0 Å². The fraction of sp³-hybridized carbons (Fsp3) is 0.364. The van der Waals surface area contributed by atoms with Crippen LogP contribution in [0, 0.1) is 6.92 Å². The summed E-state index contributed by atoms with van der Waals surface area (Å²) >= 11 is 0. The lowest BCUT2D eigenvalue weighted by Crippen LogP contribution is -2.46. The van der Waals surface area contributed by atoms with Crippen molar-refractivity contribution < 1.29 is 14.3 Å². The van der Waals surface area contributed by atoms with Gasteiger partial charge >= 0.3 is 0 Å². The molecule has 1 aliphatic rings. The zero-order valence-corrected chi connectivity index (χ0v) is 16.3. The number of methoxy groups -OCH3 is 1. The van der Waals surface area contributed by atoms with Crippen LogP contribution in [0.1, 0.15) is 17.0 Å². The molecule has 0 saturated carbocycles. The Hall–Kier alpha value is -2.86. The topological polar surface area (TPSA) is 67.5 Å². The van der Waals surface area contributed by atoms with Gasteiger partial charge in [-0.2, -0.15) is 0 Å². The summed E-state index contributed by atoms with van der Waals surface area (Å²) in [7, 11) is 1.67. The number of morpholine rings is 1. The first-order chi connectivity index (χ1) is 13.6. The minimum atomic E-state index is 0.00235. The molecule has 0 bridgehead atoms. The molecular formula is C22H25N3O3. The van der Waals surface area contributed by atoms with Crippen LogP contribution in [0.15, 0.2) is 42.5 Å². The van der Waals surface area contributed by atoms with Crippen LogP contribution in [0.3, 0.4) is 0 Å². The Morgan fingerprint density at radius 3 is 3.04 bits per heavy atom. The maximum absolute atomic E-state index is 12.8. The van der Waals surface area contributed by atoms with E-state index in [1.165, 1.54) is 0 Å². The normalized spacial score (nSPS) is 17.1. The first kappa shape index (κ1) is 18.5. The number of nitrogens with one attached hydrogen (secondary N) is 1. The molecule has 1 amide bonds. The van der Waals surface area contributed by atoms with E-state index < -0.39 is 0 Å². The van der Waals surface area contributed by atoms with Crippen LogP contribution in [-0.4, -0.2) is 53.7 Å². The molecule has 1 aliphatic heterocycles. The first-order valence-electron chi connectivity index (χ1n) is 9.58. The number of carbonyl (C=O) groups excluding carboxylic acids is 1. The summed E-state index contributed by atoms with van der Waals surface area (Å²) < 4.78 is 11.2. The highest BCUT2D eigenvalue weighted by Crippen LogP contribution is 2.18. The van der Waals surface area contributed by atoms with Crippen molar-refractivity contribution >= 4 is 16.9 Å². The van der Waals surface area contributed by atoms with Gasteiger partial charge in [0.1, 0.15) is 11.6 Å². The van der Waals surface area contributed by atoms with Crippen LogP contribution in [0.2, 0.25) is 0 Å². The number of ether oxygens (including phenoxy) is 2. The van der Waals surface area contributed by atoms with Crippen molar-refractivity contribution in [1.29, 1.82) is 0 Å². The van der Waals surface area contributed by atoms with E-state index >= 15 is 0 Å². The zero-order chi connectivity index (χ0) is 19.5. The van der Waals surface area contributed by atoms with Gasteiger partial charge in [0.25, 0.3) is 0 Å². The van der Waals surface area contributed by atoms with Crippen molar-refractivity contribution in [2.75, 3.05) is 26.8 Å². The maximum Gasteiger partial charge on any atom is 0.227 e. The summed E-state index contributed by atoms with van der Waals surface area (Å²) in [5.41, 5.74) is 4.05. The summed E-state index contributed by atoms with van der Waals surface area (Å²) in [4.78, 5) is 22.4. The van der Waals surface area contributed by atoms with Crippen LogP contribution in [0.5, 0.6) is 5.75 Å². The SMILES string of the molecule is COc1cccc(CC2CN(C(=O)Cc3ccc4nc(C)[nH]c4c3)CCO2)c1. The van der Waals surface area contributed by atoms with E-state index in [2.05, 4.69) is 16.0 Å². The summed E-state index contributed by atoms with van der Waals surface area (Å²) in [5.74, 6) is 1.85. The van der Waals surface area contributed by atoms with E-state index in [4.69, 9.17) is 9.47 Å². The minimum absolute atomic E-state index is 0.00235. The number of carbonyl (C=O) groups is 1. The molecule has 146 valence electrons. The quantitative estimate of drug-likeness (QED) is 0.740. The average molecular weight is 379 g/mol. The number of H-pyrrole nitrogens is 1. The summed E-state index contributed by atoms with van der Waals surface area (Å²) in [5, 5.41) is 0. The second-order valence-corrected chi connectivity index (χ2v) is 7.24. The molecule has 1 saturated heterocycles. The molecule has 1 atom stereocenters. The largest absolute Gasteiger partial charge is 0.497 e. The van der Waals surface area contributed by atoms with Gasteiger partial charge in [0, 0.05) is 19.5 Å². The molecule has 0 radical (unpaired) electrons. The Morgan fingerprint density at radius 2 is 2.18 bits per heavy atom. The van der Waals surface area contributed by atoms with E-state index in [0.29, 0.717) is 26.1 Å². The summed E-state index contributed by atoms with van der Waals surface area (Å²) in [6.45, 7) is 3.75. The van der Waals surface area contributed by atoms with E-state index in [9.17, 15) is 4.79 Å². The number of amides is 1. The maximum atomic E-state index is 12.8. The van der Waals surface area contributed by atoms with Gasteiger partial charge in [0.05, 0.1) is 37.3 Å². The van der Waals surface area contributed by atoms with Crippen LogP contribution < -0.4 is 4.74 Å². The fourth-order valence-electron chi connectivity index (χ4n) is 3.71. The van der Waals surface area contributed by atoms with Gasteiger partial charge < -0.3 is 19.4 Å². The second kappa shape index (κ2) is 8.02. The van der Waals surface area contributed by atoms with Crippen molar-refractivity contribution in [3.05, 3.63) is 59.4 Å². The molecule has 0 spiro atoms. The molecule has 2 aromatic carbocycles. The van der Waals surface area contributed by atoms with Gasteiger partial charge in [-0.05, 0) is 42.3 Å². The van der Waals surface area contributed by atoms with Gasteiger partial charge in [0.2, 0.25) is 5.91 Å². The van der Waals surface area contributed by atoms with Crippen molar-refractivity contribution in [3.8, 4) is 5.75 Å². The third-order valence-electron chi connectivity index (χ3n) is 5.11. The molecular weight excluding hydrogens is 354 g/mol. The monoisotopic (exact) mass is 379 g/mol. The van der Waals surface area contributed by atoms with Crippen molar-refractivity contribution in [1.82, 2.24) is 14.9 Å². The highest BCUT2D eigenvalue weighted by molar-refractivity contribution is 5.82. The molecule has 0 aliphatic carbocycles. The van der Waals surface area contributed by atoms with Crippen LogP contribution in [0.4, 0.5) is 0 Å². The van der Waals surface area contributed by atoms with Crippen LogP contribution >= 0.6 is 0 Å². The second-order valence-electron chi connectivity index (χ2n) is 7.24. The molecule has 1 fully saturated rings. The Kier molecular flexibility index (Phi) is 5.30. The lowest BCUT2D eigenvalue weighted by Gasteiger charge is -2.33. The molecule has 2 heterocycles. The highest BCUT2D eigenvalue weighted by atomic mass is 16.5. The Balaban J connectivity index is 1.39. The van der Waals surface area contributed by atoms with E-state index in [1.54, 1.807) is 7.11 Å². The van der Waals surface area contributed by atoms with E-state index in [0.717, 1.165) is 40.2 Å². The molecule has 28 heavy (non-hydrogen) atoms. The number of hydrogen-bond donors (Lipinski definition) is 1. The van der Waals surface area contributed by atoms with Gasteiger partial charge in [-0.25, -0.2) is 4.98 Å². The Morgan fingerprint density at radius 1 is 1.29 bits per heavy atom. The zero-order valence-electron chi connectivity index (χ0n) is 16.3. The number of aromatic amines is 1. The number of aryl methyl sites for hydroxylation is 1. The molecule has 3 aromatic rings. The van der Waals surface area contributed by atoms with Gasteiger partial charge in [-0.3, -0.25) is 4.79 Å².